The van der Waals surface area contributed by atoms with Gasteiger partial charge in [-0.05, 0) is 13.0 Å². The zero-order valence-corrected chi connectivity index (χ0v) is 7.89. The van der Waals surface area contributed by atoms with Gasteiger partial charge < -0.3 is 0 Å². The Balaban J connectivity index is 3.33. The van der Waals surface area contributed by atoms with Crippen LogP contribution in [0.25, 0.3) is 0 Å². The van der Waals surface area contributed by atoms with Crippen LogP contribution in [0, 0.1) is 17.0 Å². The highest BCUT2D eigenvalue weighted by atomic mass is 35.5. The third-order valence-corrected chi connectivity index (χ3v) is 2.32. The van der Waals surface area contributed by atoms with E-state index in [4.69, 9.17) is 11.6 Å². The van der Waals surface area contributed by atoms with Crippen LogP contribution in [0.5, 0.6) is 0 Å². The number of rotatable bonds is 2. The molecule has 0 amide bonds. The van der Waals surface area contributed by atoms with Gasteiger partial charge in [0.05, 0.1) is 9.95 Å². The minimum atomic E-state index is -2.72. The zero-order chi connectivity index (χ0) is 10.9. The predicted molar refractivity (Wildman–Crippen MR) is 47.8 cm³/mol. The first-order valence-corrected chi connectivity index (χ1v) is 4.04. The SMILES string of the molecule is Cc1c([N+](=O)[O-])ccc(C(F)F)c1Cl. The Morgan fingerprint density at radius 2 is 2.07 bits per heavy atom. The summed E-state index contributed by atoms with van der Waals surface area (Å²) in [6, 6.07) is 2.00. The molecule has 0 saturated carbocycles. The Morgan fingerprint density at radius 1 is 1.50 bits per heavy atom. The van der Waals surface area contributed by atoms with Crippen molar-refractivity contribution in [2.75, 3.05) is 0 Å². The van der Waals surface area contributed by atoms with Gasteiger partial charge in [0.15, 0.2) is 0 Å². The molecular weight excluding hydrogens is 216 g/mol. The lowest BCUT2D eigenvalue weighted by Gasteiger charge is -2.05. The maximum absolute atomic E-state index is 12.3. The quantitative estimate of drug-likeness (QED) is 0.567. The Kier molecular flexibility index (Phi) is 3.00. The molecule has 76 valence electrons. The van der Waals surface area contributed by atoms with Gasteiger partial charge in [0.2, 0.25) is 0 Å². The summed E-state index contributed by atoms with van der Waals surface area (Å²) in [7, 11) is 0. The Morgan fingerprint density at radius 3 is 2.50 bits per heavy atom. The van der Waals surface area contributed by atoms with E-state index in [9.17, 15) is 18.9 Å². The molecule has 1 aromatic carbocycles. The first kappa shape index (κ1) is 10.8. The number of hydrogen-bond acceptors (Lipinski definition) is 2. The molecule has 0 aromatic heterocycles. The van der Waals surface area contributed by atoms with E-state index in [1.165, 1.54) is 6.92 Å². The second-order valence-corrected chi connectivity index (χ2v) is 3.05. The summed E-state index contributed by atoms with van der Waals surface area (Å²) >= 11 is 5.55. The van der Waals surface area contributed by atoms with E-state index in [1.807, 2.05) is 0 Å². The van der Waals surface area contributed by atoms with Gasteiger partial charge in [0.1, 0.15) is 0 Å². The van der Waals surface area contributed by atoms with Crippen molar-refractivity contribution < 1.29 is 13.7 Å². The number of hydrogen-bond donors (Lipinski definition) is 0. The van der Waals surface area contributed by atoms with Crippen molar-refractivity contribution in [1.82, 2.24) is 0 Å². The maximum atomic E-state index is 12.3. The van der Waals surface area contributed by atoms with Crippen LogP contribution in [0.15, 0.2) is 12.1 Å². The summed E-state index contributed by atoms with van der Waals surface area (Å²) in [4.78, 5) is 9.76. The van der Waals surface area contributed by atoms with Crippen molar-refractivity contribution >= 4 is 17.3 Å². The molecule has 0 aliphatic heterocycles. The van der Waals surface area contributed by atoms with Crippen molar-refractivity contribution in [1.29, 1.82) is 0 Å². The highest BCUT2D eigenvalue weighted by Crippen LogP contribution is 2.34. The van der Waals surface area contributed by atoms with Crippen LogP contribution in [0.4, 0.5) is 14.5 Å². The van der Waals surface area contributed by atoms with Crippen LogP contribution >= 0.6 is 11.6 Å². The minimum Gasteiger partial charge on any atom is -0.258 e. The Labute approximate surface area is 83.4 Å². The van der Waals surface area contributed by atoms with E-state index >= 15 is 0 Å². The van der Waals surface area contributed by atoms with Crippen LogP contribution in [-0.2, 0) is 0 Å². The normalized spacial score (nSPS) is 10.6. The first-order valence-electron chi connectivity index (χ1n) is 3.66. The van der Waals surface area contributed by atoms with Gasteiger partial charge in [-0.1, -0.05) is 11.6 Å². The molecule has 0 aliphatic rings. The lowest BCUT2D eigenvalue weighted by atomic mass is 10.1. The topological polar surface area (TPSA) is 43.1 Å². The van der Waals surface area contributed by atoms with Crippen molar-refractivity contribution in [2.45, 2.75) is 13.3 Å². The van der Waals surface area contributed by atoms with E-state index in [0.29, 0.717) is 0 Å². The van der Waals surface area contributed by atoms with Gasteiger partial charge in [-0.25, -0.2) is 8.78 Å². The molecule has 0 N–H and O–H groups in total. The van der Waals surface area contributed by atoms with Gasteiger partial charge in [0.25, 0.3) is 12.1 Å². The molecular formula is C8H6ClF2NO2. The molecule has 0 radical (unpaired) electrons. The summed E-state index contributed by atoms with van der Waals surface area (Å²) in [6.07, 6.45) is -2.72. The van der Waals surface area contributed by atoms with Crippen LogP contribution < -0.4 is 0 Å². The van der Waals surface area contributed by atoms with Gasteiger partial charge >= 0.3 is 0 Å². The number of nitrogens with zero attached hydrogens (tertiary/aromatic N) is 1. The summed E-state index contributed by atoms with van der Waals surface area (Å²) in [5, 5.41) is 10.2. The zero-order valence-electron chi connectivity index (χ0n) is 7.13. The third kappa shape index (κ3) is 1.82. The number of alkyl halides is 2. The monoisotopic (exact) mass is 221 g/mol. The van der Waals surface area contributed by atoms with Crippen molar-refractivity contribution in [3.63, 3.8) is 0 Å². The summed E-state index contributed by atoms with van der Waals surface area (Å²) in [5.41, 5.74) is -0.566. The van der Waals surface area contributed by atoms with E-state index < -0.39 is 11.3 Å². The molecule has 0 fully saturated rings. The largest absolute Gasteiger partial charge is 0.273 e. The molecule has 0 unspecified atom stereocenters. The Hall–Kier alpha value is -1.23. The fourth-order valence-corrected chi connectivity index (χ4v) is 1.30. The second-order valence-electron chi connectivity index (χ2n) is 2.67. The maximum Gasteiger partial charge on any atom is 0.273 e. The number of nitro benzene ring substituents is 1. The molecule has 0 atom stereocenters. The molecule has 1 aromatic rings. The van der Waals surface area contributed by atoms with Crippen LogP contribution in [0.2, 0.25) is 5.02 Å². The van der Waals surface area contributed by atoms with Gasteiger partial charge in [0, 0.05) is 17.2 Å². The fourth-order valence-electron chi connectivity index (χ4n) is 1.06. The van der Waals surface area contributed by atoms with E-state index in [2.05, 4.69) is 0 Å². The lowest BCUT2D eigenvalue weighted by molar-refractivity contribution is -0.385. The van der Waals surface area contributed by atoms with Gasteiger partial charge in [-0.15, -0.1) is 0 Å². The van der Waals surface area contributed by atoms with Crippen LogP contribution in [0.1, 0.15) is 17.6 Å². The number of benzene rings is 1. The first-order chi connectivity index (χ1) is 6.45. The van der Waals surface area contributed by atoms with Gasteiger partial charge in [-0.2, -0.15) is 0 Å². The smallest absolute Gasteiger partial charge is 0.258 e. The average molecular weight is 222 g/mol. The number of nitro groups is 1. The van der Waals surface area contributed by atoms with Crippen molar-refractivity contribution in [3.05, 3.63) is 38.4 Å². The summed E-state index contributed by atoms with van der Waals surface area (Å²) in [6.45, 7) is 1.34. The summed E-state index contributed by atoms with van der Waals surface area (Å²) < 4.78 is 24.6. The lowest BCUT2D eigenvalue weighted by Crippen LogP contribution is -1.95. The summed E-state index contributed by atoms with van der Waals surface area (Å²) in [5.74, 6) is 0. The fraction of sp³-hybridized carbons (Fsp3) is 0.250. The molecule has 0 aliphatic carbocycles. The molecule has 0 saturated heterocycles. The highest BCUT2D eigenvalue weighted by Gasteiger charge is 2.20. The van der Waals surface area contributed by atoms with Crippen LogP contribution in [-0.4, -0.2) is 4.92 Å². The molecule has 14 heavy (non-hydrogen) atoms. The van der Waals surface area contributed by atoms with Gasteiger partial charge in [-0.3, -0.25) is 10.1 Å². The predicted octanol–water partition coefficient (Wildman–Crippen LogP) is 3.49. The van der Waals surface area contributed by atoms with Crippen molar-refractivity contribution in [3.8, 4) is 0 Å². The molecule has 6 heteroatoms. The number of halogens is 3. The average Bonchev–Trinajstić information content (AvgIpc) is 2.08. The molecule has 3 nitrogen and oxygen atoms in total. The van der Waals surface area contributed by atoms with E-state index in [1.54, 1.807) is 0 Å². The Bertz CT molecular complexity index is 382. The van der Waals surface area contributed by atoms with E-state index in [0.717, 1.165) is 12.1 Å². The highest BCUT2D eigenvalue weighted by molar-refractivity contribution is 6.32. The molecule has 1 rings (SSSR count). The molecule has 0 bridgehead atoms. The standard InChI is InChI=1S/C8H6ClF2NO2/c1-4-6(12(13)14)3-2-5(7(4)9)8(10)11/h2-3,8H,1H3. The third-order valence-electron chi connectivity index (χ3n) is 1.82. The van der Waals surface area contributed by atoms with Crippen molar-refractivity contribution in [2.24, 2.45) is 0 Å². The molecule has 0 spiro atoms. The second kappa shape index (κ2) is 3.88. The molecule has 0 heterocycles. The minimum absolute atomic E-state index is 0.0643. The van der Waals surface area contributed by atoms with E-state index in [-0.39, 0.29) is 21.8 Å². The van der Waals surface area contributed by atoms with Crippen LogP contribution in [0.3, 0.4) is 0 Å².